The molecule has 3 aliphatic rings. The summed E-state index contributed by atoms with van der Waals surface area (Å²) in [5, 5.41) is 8.47. The lowest BCUT2D eigenvalue weighted by Crippen LogP contribution is -2.54. The van der Waals surface area contributed by atoms with Crippen molar-refractivity contribution >= 4 is 34.8 Å². The number of thiocarbonyl (C=S) groups is 1. The van der Waals surface area contributed by atoms with Gasteiger partial charge in [-0.25, -0.2) is 0 Å². The maximum absolute atomic E-state index is 5.43. The number of benzene rings is 2. The van der Waals surface area contributed by atoms with E-state index < -0.39 is 0 Å². The van der Waals surface area contributed by atoms with Gasteiger partial charge in [0.15, 0.2) is 5.11 Å². The molecule has 0 heterocycles. The molecule has 4 heteroatoms. The van der Waals surface area contributed by atoms with Gasteiger partial charge in [0.25, 0.3) is 0 Å². The van der Waals surface area contributed by atoms with Crippen LogP contribution in [0.4, 0.5) is 5.69 Å². The number of hydrogen-bond acceptors (Lipinski definition) is 2. The second-order valence-corrected chi connectivity index (χ2v) is 8.43. The summed E-state index contributed by atoms with van der Waals surface area (Å²) >= 11 is 5.43. The highest BCUT2D eigenvalue weighted by Gasteiger charge is 2.54. The number of para-hydroxylation sites is 1. The molecule has 2 unspecified atom stereocenters. The van der Waals surface area contributed by atoms with Crippen molar-refractivity contribution in [3.8, 4) is 0 Å². The molecule has 0 saturated heterocycles. The van der Waals surface area contributed by atoms with Crippen LogP contribution in [-0.4, -0.2) is 10.8 Å². The highest BCUT2D eigenvalue weighted by atomic mass is 32.1. The molecule has 2 N–H and O–H groups in total. The third-order valence-corrected chi connectivity index (χ3v) is 6.24. The summed E-state index contributed by atoms with van der Waals surface area (Å²) in [6.07, 6.45) is 4.58. The third-order valence-electron chi connectivity index (χ3n) is 6.05. The van der Waals surface area contributed by atoms with Gasteiger partial charge < -0.3 is 5.32 Å². The lowest BCUT2D eigenvalue weighted by Gasteiger charge is -2.57. The van der Waals surface area contributed by atoms with Crippen molar-refractivity contribution in [3.63, 3.8) is 0 Å². The number of nitrogens with one attached hydrogen (secondary N) is 2. The van der Waals surface area contributed by atoms with Crippen molar-refractivity contribution in [2.45, 2.75) is 26.7 Å². The molecule has 2 aromatic rings. The minimum absolute atomic E-state index is 0.309. The van der Waals surface area contributed by atoms with Crippen LogP contribution in [0, 0.1) is 17.3 Å². The first kappa shape index (κ1) is 17.9. The molecule has 0 aromatic heterocycles. The monoisotopic (exact) mass is 375 g/mol. The van der Waals surface area contributed by atoms with Gasteiger partial charge in [-0.05, 0) is 65.7 Å². The average molecular weight is 376 g/mol. The molecule has 138 valence electrons. The van der Waals surface area contributed by atoms with Gasteiger partial charge in [-0.15, -0.1) is 0 Å². The Balaban J connectivity index is 1.55. The van der Waals surface area contributed by atoms with Gasteiger partial charge >= 0.3 is 0 Å². The summed E-state index contributed by atoms with van der Waals surface area (Å²) in [4.78, 5) is 0. The molecule has 3 fully saturated rings. The summed E-state index contributed by atoms with van der Waals surface area (Å²) in [6.45, 7) is 4.72. The highest BCUT2D eigenvalue weighted by Crippen LogP contribution is 2.59. The predicted octanol–water partition coefficient (Wildman–Crippen LogP) is 5.48. The van der Waals surface area contributed by atoms with E-state index in [1.165, 1.54) is 17.6 Å². The molecule has 0 amide bonds. The Hall–Kier alpha value is -2.46. The predicted molar refractivity (Wildman–Crippen MR) is 118 cm³/mol. The average Bonchev–Trinajstić information content (AvgIpc) is 2.68. The van der Waals surface area contributed by atoms with Crippen molar-refractivity contribution < 1.29 is 0 Å². The lowest BCUT2D eigenvalue weighted by molar-refractivity contribution is 0.0141. The summed E-state index contributed by atoms with van der Waals surface area (Å²) in [7, 11) is 0. The van der Waals surface area contributed by atoms with E-state index in [1.54, 1.807) is 0 Å². The van der Waals surface area contributed by atoms with Crippen molar-refractivity contribution in [2.75, 3.05) is 5.32 Å². The number of hydrazone groups is 1. The van der Waals surface area contributed by atoms with Crippen LogP contribution in [0.2, 0.25) is 0 Å². The third kappa shape index (κ3) is 3.67. The van der Waals surface area contributed by atoms with Gasteiger partial charge in [0, 0.05) is 11.6 Å². The maximum Gasteiger partial charge on any atom is 0.191 e. The summed E-state index contributed by atoms with van der Waals surface area (Å²) < 4.78 is 0. The topological polar surface area (TPSA) is 36.4 Å². The van der Waals surface area contributed by atoms with E-state index in [1.807, 2.05) is 36.4 Å². The van der Waals surface area contributed by atoms with E-state index in [0.717, 1.165) is 23.7 Å². The van der Waals surface area contributed by atoms with Crippen LogP contribution >= 0.6 is 12.2 Å². The first-order chi connectivity index (χ1) is 13.0. The molecule has 2 atom stereocenters. The second-order valence-electron chi connectivity index (χ2n) is 8.02. The molecule has 3 nitrogen and oxygen atoms in total. The molecule has 0 radical (unpaired) electrons. The Morgan fingerprint density at radius 3 is 2.41 bits per heavy atom. The van der Waals surface area contributed by atoms with Crippen LogP contribution in [0.5, 0.6) is 0 Å². The Kier molecular flexibility index (Phi) is 4.83. The van der Waals surface area contributed by atoms with Gasteiger partial charge in [0.2, 0.25) is 0 Å². The number of hydrogen-bond donors (Lipinski definition) is 2. The van der Waals surface area contributed by atoms with Crippen LogP contribution in [0.25, 0.3) is 6.08 Å². The van der Waals surface area contributed by atoms with Crippen LogP contribution in [0.1, 0.15) is 32.3 Å². The second kappa shape index (κ2) is 7.28. The van der Waals surface area contributed by atoms with E-state index in [-0.39, 0.29) is 0 Å². The molecule has 2 bridgehead atoms. The highest BCUT2D eigenvalue weighted by molar-refractivity contribution is 7.80. The number of rotatable bonds is 3. The fraction of sp³-hybridized carbons (Fsp3) is 0.304. The van der Waals surface area contributed by atoms with E-state index in [0.29, 0.717) is 16.4 Å². The van der Waals surface area contributed by atoms with Crippen LogP contribution < -0.4 is 10.7 Å². The summed E-state index contributed by atoms with van der Waals surface area (Å²) in [6, 6.07) is 20.4. The van der Waals surface area contributed by atoms with Crippen molar-refractivity contribution in [1.29, 1.82) is 0 Å². The Labute approximate surface area is 166 Å². The molecular weight excluding hydrogens is 350 g/mol. The Morgan fingerprint density at radius 1 is 1.07 bits per heavy atom. The van der Waals surface area contributed by atoms with Crippen LogP contribution in [-0.2, 0) is 0 Å². The first-order valence-corrected chi connectivity index (χ1v) is 9.90. The zero-order valence-electron chi connectivity index (χ0n) is 15.8. The van der Waals surface area contributed by atoms with Crippen molar-refractivity contribution in [1.82, 2.24) is 5.43 Å². The van der Waals surface area contributed by atoms with Crippen LogP contribution in [0.3, 0.4) is 0 Å². The molecule has 0 spiro atoms. The molecule has 5 rings (SSSR count). The Bertz CT molecular complexity index is 884. The SMILES string of the molecule is CC1(C)C2CC(=Cc3ccccc3)C(=NNC(=S)Nc3ccccc3)C1C2. The molecule has 3 saturated carbocycles. The molecule has 2 aromatic carbocycles. The molecular formula is C23H25N3S. The maximum atomic E-state index is 5.43. The fourth-order valence-electron chi connectivity index (χ4n) is 4.24. The smallest absolute Gasteiger partial charge is 0.191 e. The van der Waals surface area contributed by atoms with E-state index in [9.17, 15) is 0 Å². The number of allylic oxidation sites excluding steroid dienone is 1. The first-order valence-electron chi connectivity index (χ1n) is 9.49. The largest absolute Gasteiger partial charge is 0.331 e. The van der Waals surface area contributed by atoms with Crippen molar-refractivity contribution in [2.24, 2.45) is 22.4 Å². The zero-order chi connectivity index (χ0) is 18.9. The van der Waals surface area contributed by atoms with Gasteiger partial charge in [-0.1, -0.05) is 62.4 Å². The van der Waals surface area contributed by atoms with E-state index >= 15 is 0 Å². The van der Waals surface area contributed by atoms with E-state index in [4.69, 9.17) is 17.3 Å². The number of anilines is 1. The standard InChI is InChI=1S/C23H25N3S/c1-23(2)18-14-17(13-16-9-5-3-6-10-16)21(20(23)15-18)25-26-22(27)24-19-11-7-4-8-12-19/h3-13,18,20H,14-15H2,1-2H3,(H2,24,26,27). The molecule has 0 aliphatic heterocycles. The minimum Gasteiger partial charge on any atom is -0.331 e. The normalized spacial score (nSPS) is 25.7. The minimum atomic E-state index is 0.309. The van der Waals surface area contributed by atoms with Gasteiger partial charge in [-0.2, -0.15) is 5.10 Å². The van der Waals surface area contributed by atoms with E-state index in [2.05, 4.69) is 54.9 Å². The summed E-state index contributed by atoms with van der Waals surface area (Å²) in [5.74, 6) is 1.23. The fourth-order valence-corrected chi connectivity index (χ4v) is 4.41. The van der Waals surface area contributed by atoms with Gasteiger partial charge in [0.05, 0.1) is 5.71 Å². The number of nitrogens with zero attached hydrogens (tertiary/aromatic N) is 1. The van der Waals surface area contributed by atoms with Crippen LogP contribution in [0.15, 0.2) is 71.3 Å². The van der Waals surface area contributed by atoms with Crippen molar-refractivity contribution in [3.05, 3.63) is 71.8 Å². The van der Waals surface area contributed by atoms with Gasteiger partial charge in [0.1, 0.15) is 0 Å². The Morgan fingerprint density at radius 2 is 1.74 bits per heavy atom. The quantitative estimate of drug-likeness (QED) is 0.551. The zero-order valence-corrected chi connectivity index (χ0v) is 16.6. The molecule has 3 aliphatic carbocycles. The lowest BCUT2D eigenvalue weighted by atomic mass is 9.47. The molecule has 27 heavy (non-hydrogen) atoms. The van der Waals surface area contributed by atoms with Gasteiger partial charge in [-0.3, -0.25) is 5.43 Å². The number of fused-ring (bicyclic) bond motifs is 2. The summed E-state index contributed by atoms with van der Waals surface area (Å²) in [5.41, 5.74) is 8.06.